The number of thioether (sulfide) groups is 1. The molecule has 0 saturated heterocycles. The van der Waals surface area contributed by atoms with Crippen molar-refractivity contribution in [2.45, 2.75) is 9.96 Å². The van der Waals surface area contributed by atoms with E-state index in [4.69, 9.17) is 5.26 Å². The SMILES string of the molecule is N#Cc1ccccc1CSCCNS(=O)(=O)c1cccs1. The Kier molecular flexibility index (Phi) is 5.82. The molecule has 2 aromatic rings. The molecule has 0 bridgehead atoms. The Morgan fingerprint density at radius 2 is 2.05 bits per heavy atom. The maximum atomic E-state index is 11.9. The number of hydrogen-bond donors (Lipinski definition) is 1. The van der Waals surface area contributed by atoms with Gasteiger partial charge >= 0.3 is 0 Å². The average Bonchev–Trinajstić information content (AvgIpc) is 3.02. The molecule has 0 aliphatic heterocycles. The van der Waals surface area contributed by atoms with Crippen LogP contribution < -0.4 is 4.72 Å². The molecule has 0 spiro atoms. The number of nitrogens with zero attached hydrogens (tertiary/aromatic N) is 1. The zero-order valence-corrected chi connectivity index (χ0v) is 13.6. The van der Waals surface area contributed by atoms with Crippen LogP contribution in [0.5, 0.6) is 0 Å². The van der Waals surface area contributed by atoms with Crippen LogP contribution in [0.1, 0.15) is 11.1 Å². The molecular formula is C14H14N2O2S3. The minimum atomic E-state index is -3.37. The fourth-order valence-electron chi connectivity index (χ4n) is 1.67. The maximum absolute atomic E-state index is 11.9. The van der Waals surface area contributed by atoms with Gasteiger partial charge in [-0.15, -0.1) is 11.3 Å². The number of benzene rings is 1. The maximum Gasteiger partial charge on any atom is 0.250 e. The number of nitrogens with one attached hydrogen (secondary N) is 1. The van der Waals surface area contributed by atoms with Gasteiger partial charge in [-0.25, -0.2) is 13.1 Å². The topological polar surface area (TPSA) is 70.0 Å². The third kappa shape index (κ3) is 4.58. The first kappa shape index (κ1) is 16.0. The van der Waals surface area contributed by atoms with E-state index in [1.54, 1.807) is 35.3 Å². The molecule has 1 N–H and O–H groups in total. The van der Waals surface area contributed by atoms with E-state index in [0.717, 1.165) is 5.56 Å². The summed E-state index contributed by atoms with van der Waals surface area (Å²) in [7, 11) is -3.37. The summed E-state index contributed by atoms with van der Waals surface area (Å²) in [6.45, 7) is 0.375. The van der Waals surface area contributed by atoms with E-state index in [0.29, 0.717) is 27.8 Å². The van der Waals surface area contributed by atoms with Gasteiger partial charge in [0.25, 0.3) is 0 Å². The second-order valence-electron chi connectivity index (χ2n) is 4.15. The van der Waals surface area contributed by atoms with Crippen molar-refractivity contribution in [3.8, 4) is 6.07 Å². The van der Waals surface area contributed by atoms with E-state index in [1.807, 2.05) is 18.2 Å². The van der Waals surface area contributed by atoms with Crippen molar-refractivity contribution in [2.24, 2.45) is 0 Å². The lowest BCUT2D eigenvalue weighted by Crippen LogP contribution is -2.25. The normalized spacial score (nSPS) is 11.2. The van der Waals surface area contributed by atoms with Crippen LogP contribution in [-0.2, 0) is 15.8 Å². The van der Waals surface area contributed by atoms with Crippen LogP contribution in [0.4, 0.5) is 0 Å². The fraction of sp³-hybridized carbons (Fsp3) is 0.214. The smallest absolute Gasteiger partial charge is 0.210 e. The van der Waals surface area contributed by atoms with Crippen LogP contribution in [0, 0.1) is 11.3 Å². The number of rotatable bonds is 7. The van der Waals surface area contributed by atoms with Crippen LogP contribution in [0.2, 0.25) is 0 Å². The lowest BCUT2D eigenvalue weighted by molar-refractivity contribution is 0.586. The van der Waals surface area contributed by atoms with Gasteiger partial charge in [0.2, 0.25) is 10.0 Å². The summed E-state index contributed by atoms with van der Waals surface area (Å²) in [5, 5.41) is 10.7. The first-order chi connectivity index (χ1) is 10.1. The van der Waals surface area contributed by atoms with Crippen LogP contribution in [0.15, 0.2) is 46.0 Å². The van der Waals surface area contributed by atoms with Gasteiger partial charge in [0.1, 0.15) is 4.21 Å². The molecule has 0 fully saturated rings. The highest BCUT2D eigenvalue weighted by Crippen LogP contribution is 2.17. The predicted octanol–water partition coefficient (Wildman–Crippen LogP) is 2.83. The molecule has 21 heavy (non-hydrogen) atoms. The lowest BCUT2D eigenvalue weighted by atomic mass is 10.1. The minimum absolute atomic E-state index is 0.335. The summed E-state index contributed by atoms with van der Waals surface area (Å²) in [5.41, 5.74) is 1.65. The first-order valence-corrected chi connectivity index (χ1v) is 9.74. The van der Waals surface area contributed by atoms with Crippen molar-refractivity contribution in [1.29, 1.82) is 5.26 Å². The molecule has 1 aromatic carbocycles. The standard InChI is InChI=1S/C14H14N2O2S3/c15-10-12-4-1-2-5-13(12)11-19-9-7-16-21(17,18)14-6-3-8-20-14/h1-6,8,16H,7,9,11H2. The van der Waals surface area contributed by atoms with Gasteiger partial charge in [-0.05, 0) is 23.1 Å². The van der Waals surface area contributed by atoms with Crippen molar-refractivity contribution in [3.63, 3.8) is 0 Å². The predicted molar refractivity (Wildman–Crippen MR) is 86.8 cm³/mol. The van der Waals surface area contributed by atoms with Crippen molar-refractivity contribution >= 4 is 33.1 Å². The third-order valence-corrected chi connectivity index (χ3v) is 6.56. The van der Waals surface area contributed by atoms with Crippen LogP contribution in [-0.4, -0.2) is 20.7 Å². The molecular weight excluding hydrogens is 324 g/mol. The molecule has 2 rings (SSSR count). The van der Waals surface area contributed by atoms with E-state index >= 15 is 0 Å². The Morgan fingerprint density at radius 3 is 2.76 bits per heavy atom. The molecule has 110 valence electrons. The Labute approximate surface area is 132 Å². The van der Waals surface area contributed by atoms with Gasteiger partial charge < -0.3 is 0 Å². The lowest BCUT2D eigenvalue weighted by Gasteiger charge is -2.06. The van der Waals surface area contributed by atoms with Gasteiger partial charge in [0.15, 0.2) is 0 Å². The van der Waals surface area contributed by atoms with E-state index in [-0.39, 0.29) is 0 Å². The molecule has 1 aromatic heterocycles. The quantitative estimate of drug-likeness (QED) is 0.788. The number of hydrogen-bond acceptors (Lipinski definition) is 5. The molecule has 0 unspecified atom stereocenters. The van der Waals surface area contributed by atoms with Crippen LogP contribution in [0.25, 0.3) is 0 Å². The zero-order chi connectivity index (χ0) is 15.1. The number of nitriles is 1. The highest BCUT2D eigenvalue weighted by Gasteiger charge is 2.13. The number of thiophene rings is 1. The second kappa shape index (κ2) is 7.61. The Hall–Kier alpha value is -1.33. The van der Waals surface area contributed by atoms with E-state index in [1.165, 1.54) is 11.3 Å². The second-order valence-corrected chi connectivity index (χ2v) is 8.20. The van der Waals surface area contributed by atoms with Gasteiger partial charge in [-0.1, -0.05) is 24.3 Å². The van der Waals surface area contributed by atoms with Gasteiger partial charge in [-0.3, -0.25) is 0 Å². The highest BCUT2D eigenvalue weighted by atomic mass is 32.2. The van der Waals surface area contributed by atoms with E-state index in [9.17, 15) is 8.42 Å². The largest absolute Gasteiger partial charge is 0.250 e. The summed E-state index contributed by atoms with van der Waals surface area (Å²) >= 11 is 2.80. The molecule has 0 amide bonds. The van der Waals surface area contributed by atoms with Gasteiger partial charge in [0, 0.05) is 18.1 Å². The third-order valence-electron chi connectivity index (χ3n) is 2.69. The molecule has 4 nitrogen and oxygen atoms in total. The summed E-state index contributed by atoms with van der Waals surface area (Å²) < 4.78 is 26.7. The average molecular weight is 338 g/mol. The summed E-state index contributed by atoms with van der Waals surface area (Å²) in [6, 6.07) is 12.9. The van der Waals surface area contributed by atoms with Crippen molar-refractivity contribution < 1.29 is 8.42 Å². The zero-order valence-electron chi connectivity index (χ0n) is 11.2. The Morgan fingerprint density at radius 1 is 1.24 bits per heavy atom. The molecule has 0 saturated carbocycles. The molecule has 0 radical (unpaired) electrons. The monoisotopic (exact) mass is 338 g/mol. The summed E-state index contributed by atoms with van der Waals surface area (Å²) in [5.74, 6) is 1.36. The van der Waals surface area contributed by atoms with Crippen molar-refractivity contribution in [3.05, 3.63) is 52.9 Å². The molecule has 1 heterocycles. The number of sulfonamides is 1. The highest BCUT2D eigenvalue weighted by molar-refractivity contribution is 7.98. The van der Waals surface area contributed by atoms with E-state index < -0.39 is 10.0 Å². The summed E-state index contributed by atoms with van der Waals surface area (Å²) in [6.07, 6.45) is 0. The molecule has 0 atom stereocenters. The van der Waals surface area contributed by atoms with Crippen molar-refractivity contribution in [1.82, 2.24) is 4.72 Å². The molecule has 0 aliphatic carbocycles. The Balaban J connectivity index is 1.77. The summed E-state index contributed by atoms with van der Waals surface area (Å²) in [4.78, 5) is 0. The molecule has 0 aliphatic rings. The van der Waals surface area contributed by atoms with Gasteiger partial charge in [-0.2, -0.15) is 17.0 Å². The Bertz CT molecular complexity index is 719. The minimum Gasteiger partial charge on any atom is -0.210 e. The van der Waals surface area contributed by atoms with E-state index in [2.05, 4.69) is 10.8 Å². The van der Waals surface area contributed by atoms with Crippen molar-refractivity contribution in [2.75, 3.05) is 12.3 Å². The van der Waals surface area contributed by atoms with Crippen LogP contribution in [0.3, 0.4) is 0 Å². The fourth-order valence-corrected chi connectivity index (χ4v) is 4.73. The van der Waals surface area contributed by atoms with Crippen LogP contribution >= 0.6 is 23.1 Å². The molecule has 7 heteroatoms. The first-order valence-electron chi connectivity index (χ1n) is 6.22. The van der Waals surface area contributed by atoms with Gasteiger partial charge in [0.05, 0.1) is 11.6 Å².